The molecule has 0 fully saturated rings. The zero-order valence-electron chi connectivity index (χ0n) is 15.8. The number of pyridine rings is 1. The van der Waals surface area contributed by atoms with Gasteiger partial charge in [-0.1, -0.05) is 24.3 Å². The number of amides is 1. The number of phenolic OH excluding ortho intramolecular Hbond substituents is 1. The standard InChI is InChI=1S/C23H17FN4O2/c24-16-7-5-15(6-8-16)22-19-20(17-3-1-2-4-18(17)29)26-27-21(19)23(30)28(22)13-14-9-11-25-12-10-14/h1-12,22,29H,13H2,(H,26,27)/t22-/m0/s1. The Bertz CT molecular complexity index is 1220. The first-order valence-electron chi connectivity index (χ1n) is 9.45. The highest BCUT2D eigenvalue weighted by Crippen LogP contribution is 2.44. The summed E-state index contributed by atoms with van der Waals surface area (Å²) >= 11 is 0. The molecule has 1 amide bonds. The average Bonchev–Trinajstić information content (AvgIpc) is 3.30. The van der Waals surface area contributed by atoms with Crippen LogP contribution in [0.5, 0.6) is 5.75 Å². The highest BCUT2D eigenvalue weighted by molar-refractivity contribution is 6.00. The van der Waals surface area contributed by atoms with Gasteiger partial charge in [-0.05, 0) is 47.5 Å². The van der Waals surface area contributed by atoms with Crippen molar-refractivity contribution in [2.24, 2.45) is 0 Å². The molecule has 0 unspecified atom stereocenters. The van der Waals surface area contributed by atoms with Crippen LogP contribution in [0.3, 0.4) is 0 Å². The van der Waals surface area contributed by atoms with E-state index in [1.165, 1.54) is 12.1 Å². The number of halogens is 1. The van der Waals surface area contributed by atoms with Crippen LogP contribution in [0.15, 0.2) is 73.1 Å². The zero-order valence-corrected chi connectivity index (χ0v) is 15.8. The molecule has 2 N–H and O–H groups in total. The molecule has 30 heavy (non-hydrogen) atoms. The van der Waals surface area contributed by atoms with Crippen molar-refractivity contribution in [1.82, 2.24) is 20.1 Å². The van der Waals surface area contributed by atoms with E-state index in [2.05, 4.69) is 15.2 Å². The molecule has 4 aromatic rings. The van der Waals surface area contributed by atoms with Gasteiger partial charge in [-0.25, -0.2) is 4.39 Å². The van der Waals surface area contributed by atoms with E-state index >= 15 is 0 Å². The van der Waals surface area contributed by atoms with E-state index in [0.717, 1.165) is 11.1 Å². The molecule has 7 heteroatoms. The minimum atomic E-state index is -0.477. The summed E-state index contributed by atoms with van der Waals surface area (Å²) in [5.41, 5.74) is 3.76. The van der Waals surface area contributed by atoms with E-state index in [0.29, 0.717) is 29.1 Å². The van der Waals surface area contributed by atoms with Crippen molar-refractivity contribution in [3.63, 3.8) is 0 Å². The number of para-hydroxylation sites is 1. The predicted molar refractivity (Wildman–Crippen MR) is 108 cm³/mol. The number of hydrogen-bond acceptors (Lipinski definition) is 4. The van der Waals surface area contributed by atoms with Gasteiger partial charge in [-0.3, -0.25) is 14.9 Å². The number of benzene rings is 2. The number of nitrogens with one attached hydrogen (secondary N) is 1. The number of nitrogens with zero attached hydrogens (tertiary/aromatic N) is 3. The van der Waals surface area contributed by atoms with Crippen LogP contribution in [0, 0.1) is 5.82 Å². The van der Waals surface area contributed by atoms with Crippen molar-refractivity contribution in [2.75, 3.05) is 0 Å². The Labute approximate surface area is 171 Å². The molecule has 5 rings (SSSR count). The number of fused-ring (bicyclic) bond motifs is 1. The van der Waals surface area contributed by atoms with Crippen molar-refractivity contribution in [2.45, 2.75) is 12.6 Å². The van der Waals surface area contributed by atoms with Gasteiger partial charge >= 0.3 is 0 Å². The summed E-state index contributed by atoms with van der Waals surface area (Å²) in [7, 11) is 0. The fourth-order valence-electron chi connectivity index (χ4n) is 3.92. The maximum absolute atomic E-state index is 13.6. The van der Waals surface area contributed by atoms with Gasteiger partial charge in [0.05, 0.1) is 6.04 Å². The molecule has 2 aromatic heterocycles. The van der Waals surface area contributed by atoms with E-state index in [1.807, 2.05) is 12.1 Å². The number of phenols is 1. The Kier molecular flexibility index (Phi) is 4.28. The van der Waals surface area contributed by atoms with Crippen LogP contribution in [0.2, 0.25) is 0 Å². The van der Waals surface area contributed by atoms with Gasteiger partial charge in [0, 0.05) is 30.1 Å². The van der Waals surface area contributed by atoms with Crippen molar-refractivity contribution >= 4 is 5.91 Å². The summed E-state index contributed by atoms with van der Waals surface area (Å²) < 4.78 is 13.6. The molecule has 0 spiro atoms. The van der Waals surface area contributed by atoms with Gasteiger partial charge in [0.1, 0.15) is 23.0 Å². The number of rotatable bonds is 4. The summed E-state index contributed by atoms with van der Waals surface area (Å²) in [5.74, 6) is -0.480. The summed E-state index contributed by atoms with van der Waals surface area (Å²) in [6, 6.07) is 16.2. The lowest BCUT2D eigenvalue weighted by atomic mass is 9.95. The number of aromatic nitrogens is 3. The van der Waals surface area contributed by atoms with Crippen molar-refractivity contribution in [3.8, 4) is 17.0 Å². The molecule has 148 valence electrons. The van der Waals surface area contributed by atoms with Gasteiger partial charge < -0.3 is 10.0 Å². The second-order valence-electron chi connectivity index (χ2n) is 7.12. The molecule has 0 aliphatic carbocycles. The molecule has 0 bridgehead atoms. The van der Waals surface area contributed by atoms with Crippen molar-refractivity contribution < 1.29 is 14.3 Å². The van der Waals surface area contributed by atoms with Gasteiger partial charge in [0.15, 0.2) is 0 Å². The van der Waals surface area contributed by atoms with E-state index in [4.69, 9.17) is 0 Å². The van der Waals surface area contributed by atoms with Crippen LogP contribution in [-0.2, 0) is 6.54 Å². The Morgan fingerprint density at radius 2 is 1.77 bits per heavy atom. The quantitative estimate of drug-likeness (QED) is 0.541. The lowest BCUT2D eigenvalue weighted by Gasteiger charge is -2.26. The minimum Gasteiger partial charge on any atom is -0.507 e. The monoisotopic (exact) mass is 400 g/mol. The summed E-state index contributed by atoms with van der Waals surface area (Å²) in [6.07, 6.45) is 3.36. The number of carbonyl (C=O) groups is 1. The second kappa shape index (κ2) is 7.11. The molecule has 0 saturated carbocycles. The number of H-pyrrole nitrogens is 1. The number of carbonyl (C=O) groups excluding carboxylic acids is 1. The number of aromatic hydroxyl groups is 1. The Hall–Kier alpha value is -4.00. The van der Waals surface area contributed by atoms with Crippen LogP contribution in [-0.4, -0.2) is 31.1 Å². The van der Waals surface area contributed by atoms with Crippen LogP contribution >= 0.6 is 0 Å². The first kappa shape index (κ1) is 18.1. The van der Waals surface area contributed by atoms with E-state index in [-0.39, 0.29) is 17.5 Å². The van der Waals surface area contributed by atoms with Gasteiger partial charge in [0.2, 0.25) is 0 Å². The zero-order chi connectivity index (χ0) is 20.7. The first-order valence-corrected chi connectivity index (χ1v) is 9.45. The lowest BCUT2D eigenvalue weighted by molar-refractivity contribution is 0.0730. The third-order valence-electron chi connectivity index (χ3n) is 5.31. The van der Waals surface area contributed by atoms with E-state index in [1.54, 1.807) is 53.7 Å². The maximum Gasteiger partial charge on any atom is 0.273 e. The highest BCUT2D eigenvalue weighted by atomic mass is 19.1. The normalized spacial score (nSPS) is 15.4. The van der Waals surface area contributed by atoms with Crippen LogP contribution in [0.25, 0.3) is 11.3 Å². The minimum absolute atomic E-state index is 0.0738. The molecular formula is C23H17FN4O2. The van der Waals surface area contributed by atoms with E-state index in [9.17, 15) is 14.3 Å². The van der Waals surface area contributed by atoms with Crippen LogP contribution in [0.4, 0.5) is 4.39 Å². The van der Waals surface area contributed by atoms with Gasteiger partial charge in [0.25, 0.3) is 5.91 Å². The molecule has 2 aromatic carbocycles. The molecule has 3 heterocycles. The van der Waals surface area contributed by atoms with Gasteiger partial charge in [-0.15, -0.1) is 0 Å². The fourth-order valence-corrected chi connectivity index (χ4v) is 3.92. The Morgan fingerprint density at radius 3 is 2.50 bits per heavy atom. The molecule has 6 nitrogen and oxygen atoms in total. The van der Waals surface area contributed by atoms with Crippen LogP contribution < -0.4 is 0 Å². The largest absolute Gasteiger partial charge is 0.507 e. The topological polar surface area (TPSA) is 82.1 Å². The van der Waals surface area contributed by atoms with Crippen molar-refractivity contribution in [1.29, 1.82) is 0 Å². The molecule has 0 radical (unpaired) electrons. The predicted octanol–water partition coefficient (Wildman–Crippen LogP) is 4.06. The molecule has 1 aliphatic heterocycles. The number of hydrogen-bond donors (Lipinski definition) is 2. The molecule has 1 aliphatic rings. The highest BCUT2D eigenvalue weighted by Gasteiger charge is 2.42. The maximum atomic E-state index is 13.6. The molecule has 0 saturated heterocycles. The Balaban J connectivity index is 1.67. The third kappa shape index (κ3) is 2.91. The smallest absolute Gasteiger partial charge is 0.273 e. The average molecular weight is 400 g/mol. The SMILES string of the molecule is O=C1c2[nH]nc(-c3ccccc3O)c2[C@H](c2ccc(F)cc2)N1Cc1ccncc1. The summed E-state index contributed by atoms with van der Waals surface area (Å²) in [5, 5.41) is 17.6. The summed E-state index contributed by atoms with van der Waals surface area (Å²) in [4.78, 5) is 19.0. The lowest BCUT2D eigenvalue weighted by Crippen LogP contribution is -2.29. The van der Waals surface area contributed by atoms with Crippen LogP contribution in [0.1, 0.15) is 33.2 Å². The molecular weight excluding hydrogens is 383 g/mol. The summed E-state index contributed by atoms with van der Waals surface area (Å²) in [6.45, 7) is 0.353. The fraction of sp³-hybridized carbons (Fsp3) is 0.0870. The van der Waals surface area contributed by atoms with E-state index < -0.39 is 6.04 Å². The third-order valence-corrected chi connectivity index (χ3v) is 5.31. The second-order valence-corrected chi connectivity index (χ2v) is 7.12. The first-order chi connectivity index (χ1) is 14.6. The van der Waals surface area contributed by atoms with Crippen molar-refractivity contribution in [3.05, 3.63) is 101 Å². The van der Waals surface area contributed by atoms with Gasteiger partial charge in [-0.2, -0.15) is 5.10 Å². The number of aromatic amines is 1. The Morgan fingerprint density at radius 1 is 1.03 bits per heavy atom. The molecule has 1 atom stereocenters.